The molecule has 0 fully saturated rings. The van der Waals surface area contributed by atoms with E-state index < -0.39 is 21.5 Å². The summed E-state index contributed by atoms with van der Waals surface area (Å²) in [6.07, 6.45) is 1.65. The normalized spacial score (nSPS) is 17.3. The van der Waals surface area contributed by atoms with E-state index in [1.54, 1.807) is 12.1 Å². The second-order valence-electron chi connectivity index (χ2n) is 8.67. The van der Waals surface area contributed by atoms with E-state index in [0.29, 0.717) is 17.9 Å². The SMILES string of the molecule is COc1ccc(C)cc1N(CC(=O)N[C@@H]1CC(C)(C)Oc2cc(C)ccc21)S(C)(=O)=O. The fourth-order valence-electron chi connectivity index (χ4n) is 3.83. The average molecular weight is 447 g/mol. The zero-order chi connectivity index (χ0) is 23.0. The Morgan fingerprint density at radius 3 is 2.48 bits per heavy atom. The number of carbonyl (C=O) groups is 1. The van der Waals surface area contributed by atoms with Crippen LogP contribution in [0.25, 0.3) is 0 Å². The Kier molecular flexibility index (Phi) is 6.23. The molecule has 0 aliphatic carbocycles. The molecule has 1 aliphatic rings. The monoisotopic (exact) mass is 446 g/mol. The van der Waals surface area contributed by atoms with Gasteiger partial charge in [0.15, 0.2) is 0 Å². The summed E-state index contributed by atoms with van der Waals surface area (Å²) in [6, 6.07) is 10.8. The van der Waals surface area contributed by atoms with Gasteiger partial charge in [-0.15, -0.1) is 0 Å². The van der Waals surface area contributed by atoms with Crippen LogP contribution in [-0.2, 0) is 14.8 Å². The highest BCUT2D eigenvalue weighted by Gasteiger charge is 2.35. The molecular weight excluding hydrogens is 416 g/mol. The summed E-state index contributed by atoms with van der Waals surface area (Å²) in [5.41, 5.74) is 2.69. The third-order valence-electron chi connectivity index (χ3n) is 5.25. The summed E-state index contributed by atoms with van der Waals surface area (Å²) in [7, 11) is -2.25. The van der Waals surface area contributed by atoms with Crippen molar-refractivity contribution in [2.45, 2.75) is 45.8 Å². The molecule has 1 heterocycles. The largest absolute Gasteiger partial charge is 0.495 e. The third-order valence-corrected chi connectivity index (χ3v) is 6.38. The van der Waals surface area contributed by atoms with Crippen LogP contribution in [-0.4, -0.2) is 39.8 Å². The van der Waals surface area contributed by atoms with Gasteiger partial charge >= 0.3 is 0 Å². The summed E-state index contributed by atoms with van der Waals surface area (Å²) in [4.78, 5) is 13.0. The van der Waals surface area contributed by atoms with Crippen molar-refractivity contribution in [2.75, 3.05) is 24.2 Å². The van der Waals surface area contributed by atoms with Gasteiger partial charge in [0.05, 0.1) is 25.1 Å². The quantitative estimate of drug-likeness (QED) is 0.734. The molecule has 0 spiro atoms. The van der Waals surface area contributed by atoms with Gasteiger partial charge in [0.25, 0.3) is 0 Å². The number of hydrogen-bond donors (Lipinski definition) is 1. The van der Waals surface area contributed by atoms with Crippen LogP contribution in [0.4, 0.5) is 5.69 Å². The van der Waals surface area contributed by atoms with Crippen molar-refractivity contribution in [3.05, 3.63) is 53.1 Å². The molecule has 3 rings (SSSR count). The highest BCUT2D eigenvalue weighted by atomic mass is 32.2. The molecule has 0 bridgehead atoms. The van der Waals surface area contributed by atoms with Crippen LogP contribution in [0, 0.1) is 13.8 Å². The average Bonchev–Trinajstić information content (AvgIpc) is 2.63. The summed E-state index contributed by atoms with van der Waals surface area (Å²) >= 11 is 0. The van der Waals surface area contributed by atoms with Gasteiger partial charge in [-0.3, -0.25) is 9.10 Å². The number of fused-ring (bicyclic) bond motifs is 1. The predicted octanol–water partition coefficient (Wildman–Crippen LogP) is 3.50. The Labute approximate surface area is 184 Å². The van der Waals surface area contributed by atoms with Gasteiger partial charge in [-0.2, -0.15) is 0 Å². The maximum Gasteiger partial charge on any atom is 0.241 e. The van der Waals surface area contributed by atoms with Crippen molar-refractivity contribution in [1.82, 2.24) is 5.32 Å². The summed E-state index contributed by atoms with van der Waals surface area (Å²) in [6.45, 7) is 7.43. The number of nitrogens with one attached hydrogen (secondary N) is 1. The van der Waals surface area contributed by atoms with Crippen LogP contribution in [0.1, 0.15) is 43.0 Å². The lowest BCUT2D eigenvalue weighted by molar-refractivity contribution is -0.120. The first-order valence-electron chi connectivity index (χ1n) is 10.1. The van der Waals surface area contributed by atoms with Gasteiger partial charge < -0.3 is 14.8 Å². The van der Waals surface area contributed by atoms with Crippen molar-refractivity contribution in [3.8, 4) is 11.5 Å². The minimum Gasteiger partial charge on any atom is -0.495 e. The molecule has 2 aromatic carbocycles. The van der Waals surface area contributed by atoms with Gasteiger partial charge in [0.2, 0.25) is 15.9 Å². The molecule has 1 aliphatic heterocycles. The molecule has 0 saturated carbocycles. The van der Waals surface area contributed by atoms with Crippen molar-refractivity contribution < 1.29 is 22.7 Å². The van der Waals surface area contributed by atoms with Gasteiger partial charge in [0.1, 0.15) is 23.6 Å². The molecule has 1 atom stereocenters. The molecule has 0 aromatic heterocycles. The Morgan fingerprint density at radius 1 is 1.19 bits per heavy atom. The lowest BCUT2D eigenvalue weighted by atomic mass is 9.89. The maximum absolute atomic E-state index is 13.0. The van der Waals surface area contributed by atoms with Gasteiger partial charge in [-0.1, -0.05) is 18.2 Å². The topological polar surface area (TPSA) is 84.9 Å². The molecule has 168 valence electrons. The maximum atomic E-state index is 13.0. The molecule has 31 heavy (non-hydrogen) atoms. The Balaban J connectivity index is 1.89. The third kappa shape index (κ3) is 5.31. The Morgan fingerprint density at radius 2 is 1.84 bits per heavy atom. The first-order chi connectivity index (χ1) is 14.4. The van der Waals surface area contributed by atoms with Crippen LogP contribution >= 0.6 is 0 Å². The highest BCUT2D eigenvalue weighted by molar-refractivity contribution is 7.92. The van der Waals surface area contributed by atoms with E-state index in [1.807, 2.05) is 52.0 Å². The second kappa shape index (κ2) is 8.42. The lowest BCUT2D eigenvalue weighted by Crippen LogP contribution is -2.45. The van der Waals surface area contributed by atoms with Crippen LogP contribution in [0.5, 0.6) is 11.5 Å². The van der Waals surface area contributed by atoms with E-state index in [4.69, 9.17) is 9.47 Å². The summed E-state index contributed by atoms with van der Waals surface area (Å²) < 4.78 is 37.6. The number of nitrogens with zero attached hydrogens (tertiary/aromatic N) is 1. The number of benzene rings is 2. The first-order valence-corrected chi connectivity index (χ1v) is 12.0. The fraction of sp³-hybridized carbons (Fsp3) is 0.435. The van der Waals surface area contributed by atoms with Crippen LogP contribution < -0.4 is 19.1 Å². The molecule has 0 radical (unpaired) electrons. The number of sulfonamides is 1. The molecule has 1 amide bonds. The Hall–Kier alpha value is -2.74. The van der Waals surface area contributed by atoms with E-state index in [2.05, 4.69) is 5.32 Å². The minimum absolute atomic E-state index is 0.285. The minimum atomic E-state index is -3.72. The molecule has 8 heteroatoms. The van der Waals surface area contributed by atoms with Crippen LogP contribution in [0.15, 0.2) is 36.4 Å². The number of hydrogen-bond acceptors (Lipinski definition) is 5. The number of aryl methyl sites for hydroxylation is 2. The lowest BCUT2D eigenvalue weighted by Gasteiger charge is -2.38. The van der Waals surface area contributed by atoms with E-state index >= 15 is 0 Å². The van der Waals surface area contributed by atoms with E-state index in [-0.39, 0.29) is 12.6 Å². The smallest absolute Gasteiger partial charge is 0.241 e. The highest BCUT2D eigenvalue weighted by Crippen LogP contribution is 2.40. The number of methoxy groups -OCH3 is 1. The zero-order valence-corrected chi connectivity index (χ0v) is 19.7. The van der Waals surface area contributed by atoms with Crippen molar-refractivity contribution in [1.29, 1.82) is 0 Å². The number of rotatable bonds is 6. The first kappa shape index (κ1) is 22.9. The molecule has 0 saturated heterocycles. The number of amides is 1. The second-order valence-corrected chi connectivity index (χ2v) is 10.6. The van der Waals surface area contributed by atoms with Crippen LogP contribution in [0.2, 0.25) is 0 Å². The summed E-state index contributed by atoms with van der Waals surface area (Å²) in [5, 5.41) is 3.01. The van der Waals surface area contributed by atoms with Gasteiger partial charge in [0, 0.05) is 12.0 Å². The van der Waals surface area contributed by atoms with E-state index in [1.165, 1.54) is 7.11 Å². The van der Waals surface area contributed by atoms with Gasteiger partial charge in [-0.05, 0) is 57.0 Å². The van der Waals surface area contributed by atoms with Gasteiger partial charge in [-0.25, -0.2) is 8.42 Å². The van der Waals surface area contributed by atoms with Crippen LogP contribution in [0.3, 0.4) is 0 Å². The van der Waals surface area contributed by atoms with Crippen molar-refractivity contribution in [2.24, 2.45) is 0 Å². The van der Waals surface area contributed by atoms with E-state index in [9.17, 15) is 13.2 Å². The fourth-order valence-corrected chi connectivity index (χ4v) is 4.69. The number of anilines is 1. The predicted molar refractivity (Wildman–Crippen MR) is 121 cm³/mol. The number of ether oxygens (including phenoxy) is 2. The van der Waals surface area contributed by atoms with E-state index in [0.717, 1.165) is 33.0 Å². The summed E-state index contributed by atoms with van der Waals surface area (Å²) in [5.74, 6) is 0.724. The number of carbonyl (C=O) groups excluding carboxylic acids is 1. The standard InChI is InChI=1S/C23H30N2O5S/c1-15-8-10-20(29-5)19(11-15)25(31(6,27)28)14-22(26)24-18-13-23(3,4)30-21-12-16(2)7-9-17(18)21/h7-12,18H,13-14H2,1-6H3,(H,24,26)/t18-/m1/s1. The molecule has 1 N–H and O–H groups in total. The Bertz CT molecular complexity index is 1100. The molecule has 0 unspecified atom stereocenters. The van der Waals surface area contributed by atoms with Crippen molar-refractivity contribution >= 4 is 21.6 Å². The zero-order valence-electron chi connectivity index (χ0n) is 18.9. The molecule has 7 nitrogen and oxygen atoms in total. The van der Waals surface area contributed by atoms with Crippen molar-refractivity contribution in [3.63, 3.8) is 0 Å². The molecule has 2 aromatic rings. The molecular formula is C23H30N2O5S.